The zero-order valence-corrected chi connectivity index (χ0v) is 16.4. The van der Waals surface area contributed by atoms with Crippen LogP contribution in [-0.2, 0) is 11.2 Å². The van der Waals surface area contributed by atoms with Crippen LogP contribution < -0.4 is 9.64 Å². The van der Waals surface area contributed by atoms with Crippen molar-refractivity contribution in [3.05, 3.63) is 95.6 Å². The molecule has 3 amide bonds. The van der Waals surface area contributed by atoms with E-state index in [4.69, 9.17) is 4.74 Å². The number of fused-ring (bicyclic) bond motifs is 1. The molecule has 1 aliphatic heterocycles. The molecule has 1 aliphatic rings. The van der Waals surface area contributed by atoms with Gasteiger partial charge in [0.1, 0.15) is 12.4 Å². The summed E-state index contributed by atoms with van der Waals surface area (Å²) < 4.78 is 5.28. The normalized spacial score (nSPS) is 12.6. The summed E-state index contributed by atoms with van der Waals surface area (Å²) in [6, 6.07) is 23.0. The Hall–Kier alpha value is -3.93. The summed E-state index contributed by atoms with van der Waals surface area (Å²) in [4.78, 5) is 41.4. The fourth-order valence-corrected chi connectivity index (χ4v) is 3.46. The minimum atomic E-state index is -0.406. The zero-order chi connectivity index (χ0) is 21.1. The van der Waals surface area contributed by atoms with Crippen LogP contribution in [0.25, 0.3) is 0 Å². The fourth-order valence-electron chi connectivity index (χ4n) is 3.46. The van der Waals surface area contributed by atoms with Crippen LogP contribution in [0.15, 0.2) is 78.9 Å². The van der Waals surface area contributed by atoms with Crippen LogP contribution in [0.2, 0.25) is 0 Å². The molecule has 0 spiro atoms. The average molecular weight is 400 g/mol. The molecule has 0 unspecified atom stereocenters. The van der Waals surface area contributed by atoms with E-state index in [1.165, 1.54) is 4.90 Å². The summed E-state index contributed by atoms with van der Waals surface area (Å²) in [5, 5.41) is 0. The Morgan fingerprint density at radius 3 is 2.13 bits per heavy atom. The molecule has 150 valence electrons. The highest BCUT2D eigenvalue weighted by Gasteiger charge is 2.37. The van der Waals surface area contributed by atoms with E-state index < -0.39 is 11.8 Å². The topological polar surface area (TPSA) is 66.9 Å². The zero-order valence-electron chi connectivity index (χ0n) is 16.4. The molecule has 4 rings (SSSR count). The number of hydrogen-bond acceptors (Lipinski definition) is 4. The summed E-state index contributed by atoms with van der Waals surface area (Å²) in [5.41, 5.74) is 2.09. The maximum Gasteiger partial charge on any atom is 0.263 e. The Balaban J connectivity index is 1.66. The number of ether oxygens (including phenoxy) is 1. The van der Waals surface area contributed by atoms with E-state index in [9.17, 15) is 14.4 Å². The van der Waals surface area contributed by atoms with E-state index in [0.29, 0.717) is 22.6 Å². The third-order valence-corrected chi connectivity index (χ3v) is 5.03. The Labute approximate surface area is 174 Å². The highest BCUT2D eigenvalue weighted by molar-refractivity contribution is 6.21. The first-order chi connectivity index (χ1) is 14.6. The molecule has 3 aromatic rings. The summed E-state index contributed by atoms with van der Waals surface area (Å²) in [6.45, 7) is -0.175. The molecule has 3 aromatic carbocycles. The monoisotopic (exact) mass is 400 g/mol. The highest BCUT2D eigenvalue weighted by Crippen LogP contribution is 2.26. The van der Waals surface area contributed by atoms with Crippen molar-refractivity contribution in [1.29, 1.82) is 0 Å². The van der Waals surface area contributed by atoms with Crippen molar-refractivity contribution in [1.82, 2.24) is 4.90 Å². The van der Waals surface area contributed by atoms with E-state index in [-0.39, 0.29) is 19.0 Å². The van der Waals surface area contributed by atoms with Gasteiger partial charge in [-0.25, -0.2) is 0 Å². The van der Waals surface area contributed by atoms with Crippen molar-refractivity contribution in [2.45, 2.75) is 6.42 Å². The number of imide groups is 1. The fraction of sp³-hybridized carbons (Fsp3) is 0.125. The molecule has 0 aromatic heterocycles. The highest BCUT2D eigenvalue weighted by atomic mass is 16.5. The van der Waals surface area contributed by atoms with Gasteiger partial charge in [0, 0.05) is 11.8 Å². The third-order valence-electron chi connectivity index (χ3n) is 5.03. The maximum atomic E-state index is 13.2. The van der Waals surface area contributed by atoms with E-state index in [2.05, 4.69) is 0 Å². The van der Waals surface area contributed by atoms with Gasteiger partial charge in [-0.05, 0) is 29.8 Å². The van der Waals surface area contributed by atoms with Gasteiger partial charge in [0.2, 0.25) is 5.91 Å². The summed E-state index contributed by atoms with van der Waals surface area (Å²) in [6.07, 6.45) is 0.140. The molecular weight excluding hydrogens is 380 g/mol. The Kier molecular flexibility index (Phi) is 5.30. The Morgan fingerprint density at radius 1 is 0.867 bits per heavy atom. The molecule has 0 bridgehead atoms. The van der Waals surface area contributed by atoms with Crippen molar-refractivity contribution in [3.63, 3.8) is 0 Å². The molecule has 0 atom stereocenters. The molecule has 6 heteroatoms. The number of rotatable bonds is 6. The largest absolute Gasteiger partial charge is 0.497 e. The molecule has 0 N–H and O–H groups in total. The van der Waals surface area contributed by atoms with E-state index in [0.717, 1.165) is 10.5 Å². The van der Waals surface area contributed by atoms with E-state index >= 15 is 0 Å². The molecule has 0 aliphatic carbocycles. The van der Waals surface area contributed by atoms with Gasteiger partial charge in [-0.1, -0.05) is 48.5 Å². The molecule has 6 nitrogen and oxygen atoms in total. The van der Waals surface area contributed by atoms with Crippen molar-refractivity contribution in [2.75, 3.05) is 18.7 Å². The predicted octanol–water partition coefficient (Wildman–Crippen LogP) is 3.52. The number of amides is 3. The predicted molar refractivity (Wildman–Crippen MR) is 112 cm³/mol. The number of benzene rings is 3. The van der Waals surface area contributed by atoms with E-state index in [1.807, 2.05) is 30.3 Å². The second-order valence-corrected chi connectivity index (χ2v) is 6.91. The van der Waals surface area contributed by atoms with Gasteiger partial charge in [-0.3, -0.25) is 24.2 Å². The van der Waals surface area contributed by atoms with Crippen LogP contribution in [0.3, 0.4) is 0 Å². The molecule has 0 fully saturated rings. The van der Waals surface area contributed by atoms with Gasteiger partial charge in [0.25, 0.3) is 11.8 Å². The molecular formula is C24H20N2O4. The van der Waals surface area contributed by atoms with Crippen molar-refractivity contribution < 1.29 is 19.1 Å². The molecule has 1 heterocycles. The first-order valence-corrected chi connectivity index (χ1v) is 9.52. The Morgan fingerprint density at radius 2 is 1.50 bits per heavy atom. The second-order valence-electron chi connectivity index (χ2n) is 6.91. The van der Waals surface area contributed by atoms with Gasteiger partial charge >= 0.3 is 0 Å². The van der Waals surface area contributed by atoms with Crippen LogP contribution in [0.1, 0.15) is 26.3 Å². The smallest absolute Gasteiger partial charge is 0.263 e. The van der Waals surface area contributed by atoms with Gasteiger partial charge in [-0.15, -0.1) is 0 Å². The summed E-state index contributed by atoms with van der Waals surface area (Å²) in [7, 11) is 1.54. The van der Waals surface area contributed by atoms with Crippen LogP contribution >= 0.6 is 0 Å². The number of carbonyl (C=O) groups is 3. The van der Waals surface area contributed by atoms with Crippen LogP contribution in [0.5, 0.6) is 5.75 Å². The quantitative estimate of drug-likeness (QED) is 0.594. The lowest BCUT2D eigenvalue weighted by Crippen LogP contribution is -2.45. The standard InChI is InChI=1S/C24H20N2O4/c1-30-19-11-7-10-18(15-19)25(22(27)14-17-8-3-2-4-9-17)16-26-23(28)20-12-5-6-13-21(20)24(26)29/h2-13,15H,14,16H2,1H3. The minimum absolute atomic E-state index is 0.140. The number of hydrogen-bond donors (Lipinski definition) is 0. The SMILES string of the molecule is COc1cccc(N(CN2C(=O)c3ccccc3C2=O)C(=O)Cc2ccccc2)c1. The first kappa shape index (κ1) is 19.4. The number of anilines is 1. The molecule has 0 radical (unpaired) electrons. The van der Waals surface area contributed by atoms with Crippen LogP contribution in [-0.4, -0.2) is 36.4 Å². The van der Waals surface area contributed by atoms with E-state index in [1.54, 1.807) is 55.6 Å². The number of carbonyl (C=O) groups excluding carboxylic acids is 3. The van der Waals surface area contributed by atoms with Crippen LogP contribution in [0.4, 0.5) is 5.69 Å². The van der Waals surface area contributed by atoms with Gasteiger partial charge in [-0.2, -0.15) is 0 Å². The van der Waals surface area contributed by atoms with Crippen LogP contribution in [0, 0.1) is 0 Å². The molecule has 0 saturated carbocycles. The summed E-state index contributed by atoms with van der Waals surface area (Å²) in [5.74, 6) is -0.467. The first-order valence-electron chi connectivity index (χ1n) is 9.52. The lowest BCUT2D eigenvalue weighted by atomic mass is 10.1. The Bertz CT molecular complexity index is 1080. The molecule has 0 saturated heterocycles. The van der Waals surface area contributed by atoms with Crippen molar-refractivity contribution >= 4 is 23.4 Å². The molecule has 30 heavy (non-hydrogen) atoms. The maximum absolute atomic E-state index is 13.2. The lowest BCUT2D eigenvalue weighted by molar-refractivity contribution is -0.118. The number of methoxy groups -OCH3 is 1. The van der Waals surface area contributed by atoms with Crippen molar-refractivity contribution in [3.8, 4) is 5.75 Å². The second kappa shape index (κ2) is 8.21. The summed E-state index contributed by atoms with van der Waals surface area (Å²) >= 11 is 0. The minimum Gasteiger partial charge on any atom is -0.497 e. The number of nitrogens with zero attached hydrogens (tertiary/aromatic N) is 2. The van der Waals surface area contributed by atoms with Gasteiger partial charge in [0.15, 0.2) is 0 Å². The van der Waals surface area contributed by atoms with Gasteiger partial charge in [0.05, 0.1) is 24.7 Å². The lowest BCUT2D eigenvalue weighted by Gasteiger charge is -2.27. The van der Waals surface area contributed by atoms with Crippen molar-refractivity contribution in [2.24, 2.45) is 0 Å². The third kappa shape index (κ3) is 3.67. The average Bonchev–Trinajstić information content (AvgIpc) is 3.02. The van der Waals surface area contributed by atoms with Gasteiger partial charge < -0.3 is 4.74 Å².